The van der Waals surface area contributed by atoms with Crippen molar-refractivity contribution < 1.29 is 38.7 Å². The lowest BCUT2D eigenvalue weighted by Gasteiger charge is -2.42. The fourth-order valence-corrected chi connectivity index (χ4v) is 1.89. The van der Waals surface area contributed by atoms with Crippen LogP contribution in [0, 0.1) is 5.41 Å². The van der Waals surface area contributed by atoms with Crippen LogP contribution in [0.2, 0.25) is 0 Å². The highest BCUT2D eigenvalue weighted by atomic mass is 16.8. The first kappa shape index (κ1) is 21.3. The lowest BCUT2D eigenvalue weighted by Crippen LogP contribution is -2.58. The van der Waals surface area contributed by atoms with E-state index >= 15 is 0 Å². The number of aliphatic hydroxyl groups excluding tert-OH is 1. The summed E-state index contributed by atoms with van der Waals surface area (Å²) in [5.41, 5.74) is -1.63. The molecular formula is C17H26O8. The molecule has 142 valence electrons. The predicted octanol–water partition coefficient (Wildman–Crippen LogP) is 0.675. The Hall–Kier alpha value is -1.74. The smallest absolute Gasteiger partial charge is 0.384 e. The third-order valence-corrected chi connectivity index (χ3v) is 3.89. The molecule has 1 saturated heterocycles. The molecule has 2 unspecified atom stereocenters. The Bertz CT molecular complexity index is 503. The van der Waals surface area contributed by atoms with Crippen molar-refractivity contribution in [1.29, 1.82) is 0 Å². The third kappa shape index (κ3) is 5.37. The maximum atomic E-state index is 11.9. The Morgan fingerprint density at radius 1 is 1.20 bits per heavy atom. The molecule has 0 aromatic rings. The molecule has 0 aromatic carbocycles. The lowest BCUT2D eigenvalue weighted by molar-refractivity contribution is -0.387. The second kappa shape index (κ2) is 8.57. The van der Waals surface area contributed by atoms with Crippen LogP contribution >= 0.6 is 0 Å². The van der Waals surface area contributed by atoms with Gasteiger partial charge in [0.15, 0.2) is 0 Å². The maximum Gasteiger partial charge on any atom is 0.384 e. The Morgan fingerprint density at radius 3 is 2.00 bits per heavy atom. The zero-order chi connectivity index (χ0) is 19.3. The first-order valence-electron chi connectivity index (χ1n) is 7.91. The molecule has 0 saturated carbocycles. The molecule has 0 radical (unpaired) electrons. The molecule has 8 heteroatoms. The van der Waals surface area contributed by atoms with E-state index in [-0.39, 0.29) is 36.9 Å². The van der Waals surface area contributed by atoms with Gasteiger partial charge in [0.25, 0.3) is 0 Å². The van der Waals surface area contributed by atoms with E-state index in [4.69, 9.17) is 18.9 Å². The largest absolute Gasteiger partial charge is 0.395 e. The molecule has 1 aliphatic rings. The van der Waals surface area contributed by atoms with E-state index in [0.29, 0.717) is 6.61 Å². The molecule has 0 amide bonds. The highest BCUT2D eigenvalue weighted by molar-refractivity contribution is 5.89. The summed E-state index contributed by atoms with van der Waals surface area (Å²) in [6.45, 7) is 11.1. The van der Waals surface area contributed by atoms with Gasteiger partial charge in [-0.3, -0.25) is 0 Å². The van der Waals surface area contributed by atoms with Crippen LogP contribution in [0.15, 0.2) is 24.3 Å². The summed E-state index contributed by atoms with van der Waals surface area (Å²) in [5.74, 6) is -4.71. The van der Waals surface area contributed by atoms with Crippen molar-refractivity contribution in [3.8, 4) is 0 Å². The molecule has 0 bridgehead atoms. The van der Waals surface area contributed by atoms with Crippen molar-refractivity contribution in [3.63, 3.8) is 0 Å². The van der Waals surface area contributed by atoms with Gasteiger partial charge in [0, 0.05) is 11.1 Å². The molecule has 1 aliphatic heterocycles. The van der Waals surface area contributed by atoms with Gasteiger partial charge in [-0.25, -0.2) is 9.59 Å². The van der Waals surface area contributed by atoms with E-state index in [2.05, 4.69) is 13.2 Å². The van der Waals surface area contributed by atoms with E-state index in [9.17, 15) is 19.8 Å². The molecule has 0 aromatic heterocycles. The normalized spacial score (nSPS) is 18.8. The average molecular weight is 358 g/mol. The van der Waals surface area contributed by atoms with Crippen molar-refractivity contribution in [2.24, 2.45) is 5.41 Å². The summed E-state index contributed by atoms with van der Waals surface area (Å²) in [6, 6.07) is 0. The van der Waals surface area contributed by atoms with Crippen molar-refractivity contribution >= 4 is 11.9 Å². The number of epoxide rings is 1. The molecule has 1 fully saturated rings. The molecule has 0 aliphatic carbocycles. The summed E-state index contributed by atoms with van der Waals surface area (Å²) in [4.78, 5) is 23.9. The minimum absolute atomic E-state index is 0.0139. The summed E-state index contributed by atoms with van der Waals surface area (Å²) < 4.78 is 20.5. The number of hydrogen-bond donors (Lipinski definition) is 2. The molecule has 0 spiro atoms. The Labute approximate surface area is 147 Å². The van der Waals surface area contributed by atoms with E-state index in [1.807, 2.05) is 0 Å². The zero-order valence-electron chi connectivity index (χ0n) is 14.9. The monoisotopic (exact) mass is 358 g/mol. The van der Waals surface area contributed by atoms with Gasteiger partial charge >= 0.3 is 17.9 Å². The van der Waals surface area contributed by atoms with Gasteiger partial charge in [-0.2, -0.15) is 0 Å². The summed E-state index contributed by atoms with van der Waals surface area (Å²) in [5, 5.41) is 20.8. The van der Waals surface area contributed by atoms with Crippen LogP contribution in [0.4, 0.5) is 0 Å². The molecular weight excluding hydrogens is 332 g/mol. The van der Waals surface area contributed by atoms with Crippen molar-refractivity contribution in [3.05, 3.63) is 24.3 Å². The Kier molecular flexibility index (Phi) is 7.30. The SMILES string of the molecule is C=C(C)C(=O)OC(O)(OC(=O)C(=C)C)C(CC)(CO)COCC1CO1. The molecule has 8 nitrogen and oxygen atoms in total. The number of rotatable bonds is 11. The van der Waals surface area contributed by atoms with Gasteiger partial charge in [-0.05, 0) is 20.3 Å². The van der Waals surface area contributed by atoms with Crippen LogP contribution in [-0.2, 0) is 28.5 Å². The highest BCUT2D eigenvalue weighted by Crippen LogP contribution is 2.39. The fourth-order valence-electron chi connectivity index (χ4n) is 1.89. The quantitative estimate of drug-likeness (QED) is 0.240. The molecule has 2 atom stereocenters. The first-order valence-corrected chi connectivity index (χ1v) is 7.91. The topological polar surface area (TPSA) is 115 Å². The predicted molar refractivity (Wildman–Crippen MR) is 87.1 cm³/mol. The van der Waals surface area contributed by atoms with Crippen LogP contribution < -0.4 is 0 Å². The maximum absolute atomic E-state index is 11.9. The fraction of sp³-hybridized carbons (Fsp3) is 0.647. The second-order valence-electron chi connectivity index (χ2n) is 6.18. The van der Waals surface area contributed by atoms with Crippen LogP contribution in [0.5, 0.6) is 0 Å². The van der Waals surface area contributed by atoms with Crippen LogP contribution in [0.3, 0.4) is 0 Å². The second-order valence-corrected chi connectivity index (χ2v) is 6.18. The summed E-state index contributed by atoms with van der Waals surface area (Å²) in [7, 11) is 0. The Morgan fingerprint density at radius 2 is 1.68 bits per heavy atom. The van der Waals surface area contributed by atoms with E-state index in [1.54, 1.807) is 6.92 Å². The van der Waals surface area contributed by atoms with Gasteiger partial charge in [-0.1, -0.05) is 20.1 Å². The minimum atomic E-state index is -2.76. The standard InChI is InChI=1S/C17H26O8/c1-6-16(9-18,10-22-7-13-8-23-13)17(21,24-14(19)11(2)3)25-15(20)12(4)5/h13,18,21H,2,4,6-10H2,1,3,5H3. The molecule has 1 rings (SSSR count). The van der Waals surface area contributed by atoms with Crippen LogP contribution in [-0.4, -0.2) is 60.7 Å². The van der Waals surface area contributed by atoms with Crippen molar-refractivity contribution in [2.75, 3.05) is 26.4 Å². The van der Waals surface area contributed by atoms with Gasteiger partial charge < -0.3 is 29.2 Å². The Balaban J connectivity index is 3.10. The highest BCUT2D eigenvalue weighted by Gasteiger charge is 2.57. The van der Waals surface area contributed by atoms with Gasteiger partial charge in [0.05, 0.1) is 26.4 Å². The molecule has 25 heavy (non-hydrogen) atoms. The van der Waals surface area contributed by atoms with E-state index in [1.165, 1.54) is 13.8 Å². The number of ether oxygens (including phenoxy) is 4. The van der Waals surface area contributed by atoms with Gasteiger partial charge in [0.1, 0.15) is 11.5 Å². The van der Waals surface area contributed by atoms with Gasteiger partial charge in [0.2, 0.25) is 0 Å². The summed E-state index contributed by atoms with van der Waals surface area (Å²) >= 11 is 0. The number of carbonyl (C=O) groups is 2. The zero-order valence-corrected chi connectivity index (χ0v) is 14.9. The lowest BCUT2D eigenvalue weighted by atomic mass is 9.83. The average Bonchev–Trinajstić information content (AvgIpc) is 3.35. The number of hydrogen-bond acceptors (Lipinski definition) is 8. The number of esters is 2. The first-order chi connectivity index (χ1) is 11.6. The van der Waals surface area contributed by atoms with Crippen LogP contribution in [0.25, 0.3) is 0 Å². The van der Waals surface area contributed by atoms with E-state index in [0.717, 1.165) is 0 Å². The number of aliphatic hydroxyl groups is 2. The molecule has 1 heterocycles. The van der Waals surface area contributed by atoms with Crippen molar-refractivity contribution in [2.45, 2.75) is 39.3 Å². The third-order valence-electron chi connectivity index (χ3n) is 3.89. The van der Waals surface area contributed by atoms with Crippen molar-refractivity contribution in [1.82, 2.24) is 0 Å². The molecule has 2 N–H and O–H groups in total. The van der Waals surface area contributed by atoms with Crippen LogP contribution in [0.1, 0.15) is 27.2 Å². The summed E-state index contributed by atoms with van der Waals surface area (Å²) in [6.07, 6.45) is 0.0376. The minimum Gasteiger partial charge on any atom is -0.395 e. The van der Waals surface area contributed by atoms with Gasteiger partial charge in [-0.15, -0.1) is 0 Å². The number of carbonyl (C=O) groups excluding carboxylic acids is 2. The van der Waals surface area contributed by atoms with E-state index < -0.39 is 29.9 Å².